The first-order chi connectivity index (χ1) is 18.2. The molecule has 0 radical (unpaired) electrons. The second-order valence-corrected chi connectivity index (χ2v) is 10.3. The number of aromatic amines is 1. The summed E-state index contributed by atoms with van der Waals surface area (Å²) in [6.45, 7) is 8.18. The fourth-order valence-electron chi connectivity index (χ4n) is 4.24. The Balaban J connectivity index is 1.28. The maximum Gasteiger partial charge on any atom is 0.320 e. The highest BCUT2D eigenvalue weighted by Gasteiger charge is 2.24. The molecule has 3 aromatic rings. The number of nitrogens with zero attached hydrogens (tertiary/aromatic N) is 3. The number of anilines is 1. The Morgan fingerprint density at radius 2 is 1.92 bits per heavy atom. The summed E-state index contributed by atoms with van der Waals surface area (Å²) in [5, 5.41) is 9.64. The van der Waals surface area contributed by atoms with Gasteiger partial charge in [0.1, 0.15) is 22.8 Å². The summed E-state index contributed by atoms with van der Waals surface area (Å²) in [6, 6.07) is 12.4. The summed E-state index contributed by atoms with van der Waals surface area (Å²) in [4.78, 5) is 31.5. The monoisotopic (exact) mass is 521 g/mol. The molecule has 1 amide bonds. The highest BCUT2D eigenvalue weighted by atomic mass is 16.6. The number of nitrogens with one attached hydrogen (secondary N) is 2. The Hall–Kier alpha value is -3.92. The van der Waals surface area contributed by atoms with Crippen LogP contribution in [0.2, 0.25) is 0 Å². The van der Waals surface area contributed by atoms with Gasteiger partial charge in [0, 0.05) is 12.3 Å². The number of piperidine rings is 1. The number of H-pyrrole nitrogens is 1. The van der Waals surface area contributed by atoms with Crippen LogP contribution >= 0.6 is 0 Å². The second-order valence-electron chi connectivity index (χ2n) is 10.3. The van der Waals surface area contributed by atoms with E-state index in [2.05, 4.69) is 25.4 Å². The van der Waals surface area contributed by atoms with Crippen LogP contribution in [0.25, 0.3) is 11.4 Å². The number of aromatic nitrogens is 3. The third kappa shape index (κ3) is 7.55. The molecule has 1 aliphatic rings. The third-order valence-electron chi connectivity index (χ3n) is 6.15. The lowest BCUT2D eigenvalue weighted by atomic mass is 9.98. The van der Waals surface area contributed by atoms with Crippen LogP contribution in [0.3, 0.4) is 0 Å². The smallest absolute Gasteiger partial charge is 0.320 e. The third-order valence-corrected chi connectivity index (χ3v) is 6.15. The molecule has 1 fully saturated rings. The maximum absolute atomic E-state index is 12.9. The molecule has 0 saturated carbocycles. The molecule has 4 rings (SSSR count). The van der Waals surface area contributed by atoms with Crippen molar-refractivity contribution in [3.05, 3.63) is 54.4 Å². The lowest BCUT2D eigenvalue weighted by Crippen LogP contribution is -2.40. The number of hydrogen-bond donors (Lipinski definition) is 2. The minimum absolute atomic E-state index is 0.187. The molecule has 0 spiro atoms. The molecule has 0 aliphatic carbocycles. The topological polar surface area (TPSA) is 119 Å². The van der Waals surface area contributed by atoms with Crippen molar-refractivity contribution in [2.75, 3.05) is 38.7 Å². The Bertz CT molecular complexity index is 1230. The van der Waals surface area contributed by atoms with E-state index in [-0.39, 0.29) is 17.6 Å². The van der Waals surface area contributed by atoms with Gasteiger partial charge in [0.2, 0.25) is 0 Å². The second kappa shape index (κ2) is 12.1. The number of likely N-dealkylation sites (tertiary alicyclic amines) is 1. The van der Waals surface area contributed by atoms with Crippen LogP contribution in [0.4, 0.5) is 5.69 Å². The number of methoxy groups -OCH3 is 1. The van der Waals surface area contributed by atoms with Crippen molar-refractivity contribution in [2.45, 2.75) is 39.2 Å². The first-order valence-corrected chi connectivity index (χ1v) is 12.7. The molecule has 2 aromatic heterocycles. The molecular weight excluding hydrogens is 486 g/mol. The summed E-state index contributed by atoms with van der Waals surface area (Å²) in [7, 11) is 1.55. The molecule has 2 N–H and O–H groups in total. The molecule has 10 heteroatoms. The van der Waals surface area contributed by atoms with Gasteiger partial charge in [-0.15, -0.1) is 0 Å². The van der Waals surface area contributed by atoms with Gasteiger partial charge in [-0.25, -0.2) is 4.98 Å². The standard InChI is InChI=1S/C28H35N5O5/c1-28(2,3)38-26(34)17-33-14-11-19(12-15-33)18-37-20-8-9-23(25(16-20)36-4)31-27(35)24-7-5-6-21(30-24)22-10-13-29-32-22/h5-10,13,16,19H,11-12,14-15,17-18H2,1-4H3,(H,29,32)(H,31,35). The van der Waals surface area contributed by atoms with Crippen LogP contribution in [0.15, 0.2) is 48.7 Å². The van der Waals surface area contributed by atoms with Crippen molar-refractivity contribution in [3.8, 4) is 22.9 Å². The summed E-state index contributed by atoms with van der Waals surface area (Å²) >= 11 is 0. The van der Waals surface area contributed by atoms with E-state index in [1.165, 1.54) is 0 Å². The molecule has 38 heavy (non-hydrogen) atoms. The zero-order valence-corrected chi connectivity index (χ0v) is 22.3. The van der Waals surface area contributed by atoms with E-state index in [0.717, 1.165) is 31.6 Å². The van der Waals surface area contributed by atoms with Gasteiger partial charge < -0.3 is 19.5 Å². The van der Waals surface area contributed by atoms with Crippen molar-refractivity contribution in [1.82, 2.24) is 20.1 Å². The number of ether oxygens (including phenoxy) is 3. The number of pyridine rings is 1. The molecule has 1 aromatic carbocycles. The number of benzene rings is 1. The molecule has 0 atom stereocenters. The van der Waals surface area contributed by atoms with E-state index in [0.29, 0.717) is 41.9 Å². The van der Waals surface area contributed by atoms with Crippen molar-refractivity contribution >= 4 is 17.6 Å². The quantitative estimate of drug-likeness (QED) is 0.403. The van der Waals surface area contributed by atoms with E-state index < -0.39 is 5.60 Å². The van der Waals surface area contributed by atoms with Gasteiger partial charge >= 0.3 is 5.97 Å². The first kappa shape index (κ1) is 27.1. The summed E-state index contributed by atoms with van der Waals surface area (Å²) in [5.41, 5.74) is 1.69. The average Bonchev–Trinajstić information content (AvgIpc) is 3.43. The minimum Gasteiger partial charge on any atom is -0.494 e. The van der Waals surface area contributed by atoms with Gasteiger partial charge in [-0.1, -0.05) is 6.07 Å². The van der Waals surface area contributed by atoms with Crippen LogP contribution in [-0.2, 0) is 9.53 Å². The van der Waals surface area contributed by atoms with Crippen molar-refractivity contribution in [3.63, 3.8) is 0 Å². The highest BCUT2D eigenvalue weighted by Crippen LogP contribution is 2.30. The van der Waals surface area contributed by atoms with Crippen LogP contribution in [0.1, 0.15) is 44.1 Å². The van der Waals surface area contributed by atoms with E-state index in [1.54, 1.807) is 43.6 Å². The SMILES string of the molecule is COc1cc(OCC2CCN(CC(=O)OC(C)(C)C)CC2)ccc1NC(=O)c1cccc(-c2ccn[nH]2)n1. The van der Waals surface area contributed by atoms with Gasteiger partial charge in [-0.3, -0.25) is 19.6 Å². The van der Waals surface area contributed by atoms with E-state index in [4.69, 9.17) is 14.2 Å². The lowest BCUT2D eigenvalue weighted by molar-refractivity contribution is -0.156. The highest BCUT2D eigenvalue weighted by molar-refractivity contribution is 6.04. The molecule has 3 heterocycles. The summed E-state index contributed by atoms with van der Waals surface area (Å²) in [6.07, 6.45) is 3.52. The minimum atomic E-state index is -0.467. The Labute approximate surface area is 222 Å². The number of esters is 1. The van der Waals surface area contributed by atoms with Crippen LogP contribution < -0.4 is 14.8 Å². The van der Waals surface area contributed by atoms with Crippen LogP contribution in [0, 0.1) is 5.92 Å². The number of carbonyl (C=O) groups excluding carboxylic acids is 2. The molecule has 1 saturated heterocycles. The molecule has 10 nitrogen and oxygen atoms in total. The average molecular weight is 522 g/mol. The van der Waals surface area contributed by atoms with Gasteiger partial charge in [0.15, 0.2) is 0 Å². The largest absolute Gasteiger partial charge is 0.494 e. The number of carbonyl (C=O) groups is 2. The lowest BCUT2D eigenvalue weighted by Gasteiger charge is -2.32. The van der Waals surface area contributed by atoms with E-state index in [1.807, 2.05) is 32.9 Å². The van der Waals surface area contributed by atoms with E-state index in [9.17, 15) is 9.59 Å². The molecule has 202 valence electrons. The summed E-state index contributed by atoms with van der Waals surface area (Å²) in [5.74, 6) is 1.01. The van der Waals surface area contributed by atoms with E-state index >= 15 is 0 Å². The number of rotatable bonds is 9. The van der Waals surface area contributed by atoms with Gasteiger partial charge in [0.05, 0.1) is 37.3 Å². The Morgan fingerprint density at radius 1 is 1.13 bits per heavy atom. The molecular formula is C28H35N5O5. The van der Waals surface area contributed by atoms with Gasteiger partial charge in [-0.2, -0.15) is 5.10 Å². The fraction of sp³-hybridized carbons (Fsp3) is 0.429. The first-order valence-electron chi connectivity index (χ1n) is 12.7. The Kier molecular flexibility index (Phi) is 8.62. The van der Waals surface area contributed by atoms with Gasteiger partial charge in [0.25, 0.3) is 5.91 Å². The summed E-state index contributed by atoms with van der Waals surface area (Å²) < 4.78 is 17.0. The normalized spacial score (nSPS) is 14.6. The predicted molar refractivity (Wildman–Crippen MR) is 143 cm³/mol. The molecule has 1 aliphatic heterocycles. The van der Waals surface area contributed by atoms with Crippen LogP contribution in [0.5, 0.6) is 11.5 Å². The molecule has 0 bridgehead atoms. The van der Waals surface area contributed by atoms with Crippen molar-refractivity contribution in [2.24, 2.45) is 5.92 Å². The van der Waals surface area contributed by atoms with Crippen molar-refractivity contribution < 1.29 is 23.8 Å². The maximum atomic E-state index is 12.9. The zero-order valence-electron chi connectivity index (χ0n) is 22.3. The zero-order chi connectivity index (χ0) is 27.1. The van der Waals surface area contributed by atoms with Crippen molar-refractivity contribution in [1.29, 1.82) is 0 Å². The Morgan fingerprint density at radius 3 is 2.61 bits per heavy atom. The molecule has 0 unspecified atom stereocenters. The predicted octanol–water partition coefficient (Wildman–Crippen LogP) is 4.17. The van der Waals surface area contributed by atoms with Gasteiger partial charge in [-0.05, 0) is 83.0 Å². The fourth-order valence-corrected chi connectivity index (χ4v) is 4.24. The number of hydrogen-bond acceptors (Lipinski definition) is 8. The van der Waals surface area contributed by atoms with Crippen LogP contribution in [-0.4, -0.2) is 70.9 Å². The number of amides is 1.